The molecule has 0 heterocycles. The molecule has 0 spiro atoms. The Morgan fingerprint density at radius 1 is 0.455 bits per heavy atom. The average Bonchev–Trinajstić information content (AvgIpc) is 2.07. The Morgan fingerprint density at radius 3 is 0.636 bits per heavy atom. The topological polar surface area (TPSA) is 0 Å². The minimum absolute atomic E-state index is 0. The van der Waals surface area contributed by atoms with Crippen LogP contribution in [0.25, 0.3) is 0 Å². The van der Waals surface area contributed by atoms with E-state index in [0.29, 0.717) is 0 Å². The summed E-state index contributed by atoms with van der Waals surface area (Å²) in [5.41, 5.74) is 0. The maximum Gasteiger partial charge on any atom is 0 e. The number of rotatable bonds is 0. The molecule has 0 saturated heterocycles. The molecule has 0 amide bonds. The van der Waals surface area contributed by atoms with E-state index in [1.165, 1.54) is 29.6 Å². The summed E-state index contributed by atoms with van der Waals surface area (Å²) in [6.45, 7) is 11.0. The van der Waals surface area contributed by atoms with Gasteiger partial charge in [0.1, 0.15) is 0 Å². The van der Waals surface area contributed by atoms with Gasteiger partial charge in [-0.15, -0.1) is 0 Å². The van der Waals surface area contributed by atoms with Crippen molar-refractivity contribution in [1.29, 1.82) is 0 Å². The van der Waals surface area contributed by atoms with Crippen LogP contribution in [-0.2, 0) is 0 Å². The maximum atomic E-state index is 2.20. The fourth-order valence-electron chi connectivity index (χ4n) is 1.41. The molecule has 56 valence electrons. The quantitative estimate of drug-likeness (QED) is 0.589. The maximum absolute atomic E-state index is 2.20. The van der Waals surface area contributed by atoms with Crippen molar-refractivity contribution in [3.05, 3.63) is 29.6 Å². The van der Waals surface area contributed by atoms with Gasteiger partial charge in [0, 0.05) is 58.2 Å². The van der Waals surface area contributed by atoms with Crippen molar-refractivity contribution < 1.29 is 0 Å². The van der Waals surface area contributed by atoms with Gasteiger partial charge in [-0.25, -0.2) is 0 Å². The summed E-state index contributed by atoms with van der Waals surface area (Å²) in [5, 5.41) is 0. The molecule has 0 aliphatic heterocycles. The van der Waals surface area contributed by atoms with E-state index < -0.39 is 0 Å². The Morgan fingerprint density at radius 2 is 0.545 bits per heavy atom. The zero-order valence-electron chi connectivity index (χ0n) is 8.50. The fourth-order valence-corrected chi connectivity index (χ4v) is 1.41. The van der Waals surface area contributed by atoms with E-state index in [9.17, 15) is 0 Å². The molecule has 0 nitrogen and oxygen atoms in total. The summed E-state index contributed by atoms with van der Waals surface area (Å²) in [5.74, 6) is 7.34. The van der Waals surface area contributed by atoms with Crippen molar-refractivity contribution in [2.24, 2.45) is 0 Å². The molecule has 1 aliphatic rings. The minimum atomic E-state index is 0. The van der Waals surface area contributed by atoms with Crippen molar-refractivity contribution in [3.63, 3.8) is 0 Å². The van der Waals surface area contributed by atoms with Gasteiger partial charge < -0.3 is 0 Å². The van der Waals surface area contributed by atoms with Crippen LogP contribution in [0.4, 0.5) is 0 Å². The van der Waals surface area contributed by atoms with E-state index in [2.05, 4.69) is 34.6 Å². The summed E-state index contributed by atoms with van der Waals surface area (Å²) in [6.07, 6.45) is 0. The first-order chi connectivity index (χ1) is 4.55. The molecule has 0 atom stereocenters. The van der Waals surface area contributed by atoms with E-state index in [1.807, 2.05) is 0 Å². The van der Waals surface area contributed by atoms with Gasteiger partial charge in [-0.3, -0.25) is 0 Å². The third kappa shape index (κ3) is 2.39. The van der Waals surface area contributed by atoms with Gasteiger partial charge >= 0.3 is 0 Å². The molecule has 0 unspecified atom stereocenters. The van der Waals surface area contributed by atoms with Crippen molar-refractivity contribution >= 4 is 58.2 Å². The molecule has 1 aliphatic carbocycles. The SMILES string of the molecule is C[C]1[C](C)[C](C)[C](C)[C]1C.[Rb]. The van der Waals surface area contributed by atoms with Crippen LogP contribution in [0.3, 0.4) is 0 Å². The first-order valence-electron chi connectivity index (χ1n) is 3.75. The van der Waals surface area contributed by atoms with Crippen LogP contribution in [0.2, 0.25) is 0 Å². The van der Waals surface area contributed by atoms with Crippen LogP contribution in [0.1, 0.15) is 34.6 Å². The number of hydrogen-bond acceptors (Lipinski definition) is 0. The van der Waals surface area contributed by atoms with Crippen molar-refractivity contribution in [2.75, 3.05) is 0 Å². The van der Waals surface area contributed by atoms with Crippen LogP contribution in [0, 0.1) is 29.6 Å². The van der Waals surface area contributed by atoms with E-state index in [4.69, 9.17) is 0 Å². The van der Waals surface area contributed by atoms with Crippen molar-refractivity contribution in [3.8, 4) is 0 Å². The third-order valence-corrected chi connectivity index (χ3v) is 2.81. The molecule has 1 saturated carbocycles. The Bertz CT molecular complexity index is 77.2. The van der Waals surface area contributed by atoms with Gasteiger partial charge in [-0.05, 0) is 29.6 Å². The predicted octanol–water partition coefficient (Wildman–Crippen LogP) is 2.59. The fraction of sp³-hybridized carbons (Fsp3) is 0.500. The van der Waals surface area contributed by atoms with E-state index in [1.54, 1.807) is 0 Å². The summed E-state index contributed by atoms with van der Waals surface area (Å²) in [7, 11) is 0. The van der Waals surface area contributed by atoms with Crippen LogP contribution < -0.4 is 0 Å². The molecule has 1 rings (SSSR count). The third-order valence-electron chi connectivity index (χ3n) is 2.81. The molecule has 6 radical (unpaired) electrons. The van der Waals surface area contributed by atoms with Crippen molar-refractivity contribution in [1.82, 2.24) is 0 Å². The largest absolute Gasteiger partial charge is 0.0579 e. The molecule has 0 N–H and O–H groups in total. The summed E-state index contributed by atoms with van der Waals surface area (Å²) in [4.78, 5) is 0. The smallest absolute Gasteiger partial charge is 0 e. The van der Waals surface area contributed by atoms with Gasteiger partial charge in [-0.1, -0.05) is 34.6 Å². The van der Waals surface area contributed by atoms with E-state index >= 15 is 0 Å². The second-order valence-corrected chi connectivity index (χ2v) is 3.12. The Hall–Kier alpha value is 1.81. The zero-order valence-corrected chi connectivity index (χ0v) is 13.4. The second kappa shape index (κ2) is 4.88. The van der Waals surface area contributed by atoms with Crippen LogP contribution in [-0.4, -0.2) is 58.2 Å². The average molecular weight is 221 g/mol. The van der Waals surface area contributed by atoms with Crippen LogP contribution in [0.15, 0.2) is 0 Å². The van der Waals surface area contributed by atoms with Gasteiger partial charge in [0.25, 0.3) is 0 Å². The van der Waals surface area contributed by atoms with Gasteiger partial charge in [-0.2, -0.15) is 0 Å². The minimum Gasteiger partial charge on any atom is -0.0579 e. The molecule has 0 aromatic carbocycles. The number of hydrogen-bond donors (Lipinski definition) is 0. The molecular formula is C10H15Rb. The normalized spacial score (nSPS) is 25.9. The second-order valence-electron chi connectivity index (χ2n) is 3.12. The summed E-state index contributed by atoms with van der Waals surface area (Å²) >= 11 is 0. The van der Waals surface area contributed by atoms with Crippen molar-refractivity contribution in [2.45, 2.75) is 34.6 Å². The zero-order chi connectivity index (χ0) is 7.89. The molecule has 11 heavy (non-hydrogen) atoms. The summed E-state index contributed by atoms with van der Waals surface area (Å²) < 4.78 is 0. The molecular weight excluding hydrogens is 206 g/mol. The van der Waals surface area contributed by atoms with Crippen LogP contribution in [0.5, 0.6) is 0 Å². The van der Waals surface area contributed by atoms with Crippen LogP contribution >= 0.6 is 0 Å². The molecule has 0 aromatic heterocycles. The first-order valence-corrected chi connectivity index (χ1v) is 3.75. The standard InChI is InChI=1S/C10H15.Rb/c1-6-7(2)9(4)10(5)8(6)3;/h1-5H3;. The van der Waals surface area contributed by atoms with E-state index in [0.717, 1.165) is 0 Å². The molecule has 0 bridgehead atoms. The van der Waals surface area contributed by atoms with Gasteiger partial charge in [0.15, 0.2) is 0 Å². The molecule has 0 aromatic rings. The van der Waals surface area contributed by atoms with Gasteiger partial charge in [0.05, 0.1) is 0 Å². The van der Waals surface area contributed by atoms with Gasteiger partial charge in [0.2, 0.25) is 0 Å². The Kier molecular flexibility index (Phi) is 5.68. The Balaban J connectivity index is 0.000001000. The Labute approximate surface area is 120 Å². The molecule has 1 heteroatoms. The first kappa shape index (κ1) is 12.8. The summed E-state index contributed by atoms with van der Waals surface area (Å²) in [6, 6.07) is 0. The monoisotopic (exact) mass is 220 g/mol. The van der Waals surface area contributed by atoms with E-state index in [-0.39, 0.29) is 58.2 Å². The molecule has 1 fully saturated rings. The predicted molar refractivity (Wildman–Crippen MR) is 50.3 cm³/mol.